The third-order valence-electron chi connectivity index (χ3n) is 3.64. The molecule has 0 saturated carbocycles. The van der Waals surface area contributed by atoms with Crippen LogP contribution in [0.4, 0.5) is 5.13 Å². The van der Waals surface area contributed by atoms with Gasteiger partial charge in [-0.3, -0.25) is 0 Å². The summed E-state index contributed by atoms with van der Waals surface area (Å²) in [5.41, 5.74) is 2.40. The Morgan fingerprint density at radius 3 is 2.95 bits per heavy atom. The molecule has 1 unspecified atom stereocenters. The summed E-state index contributed by atoms with van der Waals surface area (Å²) in [7, 11) is 0. The van der Waals surface area contributed by atoms with Gasteiger partial charge in [0.15, 0.2) is 5.13 Å². The van der Waals surface area contributed by atoms with E-state index in [1.807, 2.05) is 0 Å². The smallest absolute Gasteiger partial charge is 0.184 e. The van der Waals surface area contributed by atoms with Crippen molar-refractivity contribution in [2.75, 3.05) is 25.0 Å². The minimum atomic E-state index is 0.458. The summed E-state index contributed by atoms with van der Waals surface area (Å²) in [4.78, 5) is 7.19. The maximum Gasteiger partial charge on any atom is 0.184 e. The van der Waals surface area contributed by atoms with Crippen LogP contribution in [0.5, 0.6) is 0 Å². The predicted octanol–water partition coefficient (Wildman–Crippen LogP) is 3.50. The maximum atomic E-state index is 4.66. The lowest BCUT2D eigenvalue weighted by Gasteiger charge is -2.20. The van der Waals surface area contributed by atoms with E-state index in [9.17, 15) is 0 Å². The molecule has 1 aliphatic rings. The first kappa shape index (κ1) is 12.9. The molecular weight excluding hydrogens is 254 g/mol. The van der Waals surface area contributed by atoms with Gasteiger partial charge in [-0.1, -0.05) is 17.4 Å². The summed E-state index contributed by atoms with van der Waals surface area (Å²) in [6.45, 7) is 8.00. The lowest BCUT2D eigenvalue weighted by Crippen LogP contribution is -2.32. The first-order chi connectivity index (χ1) is 9.20. The number of anilines is 1. The average molecular weight is 275 g/mol. The number of aryl methyl sites for hydroxylation is 1. The molecule has 0 radical (unpaired) electrons. The summed E-state index contributed by atoms with van der Waals surface area (Å²) >= 11 is 1.76. The molecule has 3 nitrogen and oxygen atoms in total. The van der Waals surface area contributed by atoms with Gasteiger partial charge in [-0.2, -0.15) is 0 Å². The molecule has 1 saturated heterocycles. The number of hydrogen-bond donors (Lipinski definition) is 1. The van der Waals surface area contributed by atoms with Crippen molar-refractivity contribution in [2.45, 2.75) is 32.7 Å². The zero-order valence-electron chi connectivity index (χ0n) is 11.6. The van der Waals surface area contributed by atoms with Crippen molar-refractivity contribution < 1.29 is 0 Å². The molecule has 19 heavy (non-hydrogen) atoms. The van der Waals surface area contributed by atoms with Crippen molar-refractivity contribution >= 4 is 26.7 Å². The van der Waals surface area contributed by atoms with Crippen molar-refractivity contribution in [2.24, 2.45) is 0 Å². The van der Waals surface area contributed by atoms with E-state index in [1.54, 1.807) is 11.3 Å². The second kappa shape index (κ2) is 5.47. The quantitative estimate of drug-likeness (QED) is 0.925. The molecular formula is C15H21N3S. The second-order valence-electron chi connectivity index (χ2n) is 5.54. The van der Waals surface area contributed by atoms with E-state index in [-0.39, 0.29) is 0 Å². The number of nitrogens with zero attached hydrogens (tertiary/aromatic N) is 2. The van der Waals surface area contributed by atoms with Gasteiger partial charge in [-0.15, -0.1) is 0 Å². The Morgan fingerprint density at radius 1 is 1.37 bits per heavy atom. The lowest BCUT2D eigenvalue weighted by molar-refractivity contribution is 0.328. The van der Waals surface area contributed by atoms with E-state index < -0.39 is 0 Å². The number of benzene rings is 1. The molecule has 0 amide bonds. The molecule has 2 heterocycles. The second-order valence-corrected chi connectivity index (χ2v) is 6.57. The monoisotopic (exact) mass is 275 g/mol. The largest absolute Gasteiger partial charge is 0.358 e. The van der Waals surface area contributed by atoms with Gasteiger partial charge in [0.2, 0.25) is 0 Å². The minimum Gasteiger partial charge on any atom is -0.358 e. The zero-order valence-corrected chi connectivity index (χ0v) is 12.5. The van der Waals surface area contributed by atoms with Gasteiger partial charge >= 0.3 is 0 Å². The minimum absolute atomic E-state index is 0.458. The molecule has 1 aromatic carbocycles. The molecule has 1 N–H and O–H groups in total. The standard InChI is InChI=1S/C15H21N3S/c1-11-5-6-13-14(9-11)19-15(17-13)16-12(2)10-18-7-3-4-8-18/h5-6,9,12H,3-4,7-8,10H2,1-2H3,(H,16,17). The van der Waals surface area contributed by atoms with Gasteiger partial charge in [-0.25, -0.2) is 4.98 Å². The maximum absolute atomic E-state index is 4.66. The average Bonchev–Trinajstić information content (AvgIpc) is 2.97. The summed E-state index contributed by atoms with van der Waals surface area (Å²) < 4.78 is 1.27. The van der Waals surface area contributed by atoms with Crippen molar-refractivity contribution in [3.8, 4) is 0 Å². The van der Waals surface area contributed by atoms with E-state index in [0.29, 0.717) is 6.04 Å². The molecule has 1 atom stereocenters. The SMILES string of the molecule is Cc1ccc2nc(NC(C)CN3CCCC3)sc2c1. The number of rotatable bonds is 4. The van der Waals surface area contributed by atoms with Crippen LogP contribution >= 0.6 is 11.3 Å². The summed E-state index contributed by atoms with van der Waals surface area (Å²) in [5, 5.41) is 4.59. The van der Waals surface area contributed by atoms with Gasteiger partial charge in [0.05, 0.1) is 10.2 Å². The molecule has 0 spiro atoms. The Labute approximate surface area is 118 Å². The molecule has 0 aliphatic carbocycles. The molecule has 0 bridgehead atoms. The number of nitrogens with one attached hydrogen (secondary N) is 1. The Bertz CT molecular complexity index is 558. The van der Waals surface area contributed by atoms with Gasteiger partial charge in [0.25, 0.3) is 0 Å². The molecule has 1 aromatic heterocycles. The molecule has 4 heteroatoms. The topological polar surface area (TPSA) is 28.2 Å². The molecule has 3 rings (SSSR count). The number of aromatic nitrogens is 1. The van der Waals surface area contributed by atoms with E-state index >= 15 is 0 Å². The van der Waals surface area contributed by atoms with E-state index in [2.05, 4.69) is 47.2 Å². The highest BCUT2D eigenvalue weighted by atomic mass is 32.1. The summed E-state index contributed by atoms with van der Waals surface area (Å²) in [5.74, 6) is 0. The Kier molecular flexibility index (Phi) is 3.71. The molecule has 1 fully saturated rings. The number of hydrogen-bond acceptors (Lipinski definition) is 4. The van der Waals surface area contributed by atoms with Crippen LogP contribution in [-0.4, -0.2) is 35.6 Å². The van der Waals surface area contributed by atoms with Crippen LogP contribution in [0.3, 0.4) is 0 Å². The van der Waals surface area contributed by atoms with Crippen molar-refractivity contribution in [1.82, 2.24) is 9.88 Å². The summed E-state index contributed by atoms with van der Waals surface area (Å²) in [6, 6.07) is 6.90. The number of thiazole rings is 1. The van der Waals surface area contributed by atoms with Crippen molar-refractivity contribution in [1.29, 1.82) is 0 Å². The van der Waals surface area contributed by atoms with Crippen molar-refractivity contribution in [3.05, 3.63) is 23.8 Å². The highest BCUT2D eigenvalue weighted by Gasteiger charge is 2.15. The van der Waals surface area contributed by atoms with Gasteiger partial charge in [0, 0.05) is 12.6 Å². The van der Waals surface area contributed by atoms with Crippen LogP contribution in [0.1, 0.15) is 25.3 Å². The van der Waals surface area contributed by atoms with E-state index in [0.717, 1.165) is 17.2 Å². The fourth-order valence-corrected chi connectivity index (χ4v) is 3.78. The number of likely N-dealkylation sites (tertiary alicyclic amines) is 1. The first-order valence-corrected chi connectivity index (χ1v) is 7.88. The fraction of sp³-hybridized carbons (Fsp3) is 0.533. The molecule has 102 valence electrons. The van der Waals surface area contributed by atoms with Crippen LogP contribution in [0.25, 0.3) is 10.2 Å². The number of fused-ring (bicyclic) bond motifs is 1. The fourth-order valence-electron chi connectivity index (χ4n) is 2.70. The van der Waals surface area contributed by atoms with E-state index in [1.165, 1.54) is 36.2 Å². The lowest BCUT2D eigenvalue weighted by atomic mass is 10.2. The summed E-state index contributed by atoms with van der Waals surface area (Å²) in [6.07, 6.45) is 2.71. The molecule has 1 aliphatic heterocycles. The highest BCUT2D eigenvalue weighted by molar-refractivity contribution is 7.22. The highest BCUT2D eigenvalue weighted by Crippen LogP contribution is 2.27. The third-order valence-corrected chi connectivity index (χ3v) is 4.59. The van der Waals surface area contributed by atoms with Gasteiger partial charge in [0.1, 0.15) is 0 Å². The van der Waals surface area contributed by atoms with Gasteiger partial charge < -0.3 is 10.2 Å². The van der Waals surface area contributed by atoms with Crippen LogP contribution < -0.4 is 5.32 Å². The third kappa shape index (κ3) is 3.07. The predicted molar refractivity (Wildman–Crippen MR) is 83.1 cm³/mol. The Hall–Kier alpha value is -1.13. The zero-order chi connectivity index (χ0) is 13.2. The van der Waals surface area contributed by atoms with Gasteiger partial charge in [-0.05, 0) is 57.5 Å². The van der Waals surface area contributed by atoms with Crippen LogP contribution in [0, 0.1) is 6.92 Å². The van der Waals surface area contributed by atoms with Crippen LogP contribution in [0.15, 0.2) is 18.2 Å². The van der Waals surface area contributed by atoms with E-state index in [4.69, 9.17) is 0 Å². The normalized spacial score (nSPS) is 18.0. The molecule has 2 aromatic rings. The van der Waals surface area contributed by atoms with Crippen LogP contribution in [0.2, 0.25) is 0 Å². The van der Waals surface area contributed by atoms with Crippen LogP contribution in [-0.2, 0) is 0 Å². The first-order valence-electron chi connectivity index (χ1n) is 7.07. The Morgan fingerprint density at radius 2 is 2.16 bits per heavy atom. The van der Waals surface area contributed by atoms with Crippen molar-refractivity contribution in [3.63, 3.8) is 0 Å². The Balaban J connectivity index is 1.66.